The van der Waals surface area contributed by atoms with E-state index in [1.54, 1.807) is 13.8 Å². The van der Waals surface area contributed by atoms with Crippen molar-refractivity contribution in [3.63, 3.8) is 0 Å². The maximum atomic E-state index is 12.9. The summed E-state index contributed by atoms with van der Waals surface area (Å²) in [5, 5.41) is 8.89. The Hall–Kier alpha value is -0.943. The van der Waals surface area contributed by atoms with Crippen LogP contribution in [0.4, 0.5) is 0 Å². The van der Waals surface area contributed by atoms with E-state index in [0.29, 0.717) is 0 Å². The van der Waals surface area contributed by atoms with Crippen LogP contribution in [0.25, 0.3) is 0 Å². The van der Waals surface area contributed by atoms with Crippen molar-refractivity contribution < 1.29 is 19.1 Å². The van der Waals surface area contributed by atoms with Gasteiger partial charge in [-0.15, -0.1) is 0 Å². The molecule has 0 radical (unpaired) electrons. The average molecular weight is 357 g/mol. The van der Waals surface area contributed by atoms with Crippen LogP contribution in [0.5, 0.6) is 0 Å². The van der Waals surface area contributed by atoms with Gasteiger partial charge in [-0.1, -0.05) is 47.6 Å². The molecule has 140 valence electrons. The second-order valence-corrected chi connectivity index (χ2v) is 13.9. The van der Waals surface area contributed by atoms with Gasteiger partial charge in [0.25, 0.3) is 0 Å². The predicted octanol–water partition coefficient (Wildman–Crippen LogP) is 4.91. The molecule has 0 aliphatic rings. The van der Waals surface area contributed by atoms with Crippen LogP contribution in [0.3, 0.4) is 0 Å². The third kappa shape index (κ3) is 6.17. The fraction of sp³-hybridized carbons (Fsp3) is 0.789. The van der Waals surface area contributed by atoms with Gasteiger partial charge in [0.15, 0.2) is 8.32 Å². The molecule has 0 bridgehead atoms. The quantitative estimate of drug-likeness (QED) is 0.496. The number of hydrogen-bond acceptors (Lipinski definition) is 3. The first-order valence-electron chi connectivity index (χ1n) is 8.67. The minimum atomic E-state index is -2.00. The molecule has 0 aromatic carbocycles. The van der Waals surface area contributed by atoms with E-state index >= 15 is 0 Å². The van der Waals surface area contributed by atoms with E-state index in [2.05, 4.69) is 47.7 Å². The smallest absolute Gasteiger partial charge is 0.328 e. The van der Waals surface area contributed by atoms with E-state index in [9.17, 15) is 9.59 Å². The molecular weight excluding hydrogens is 320 g/mol. The highest BCUT2D eigenvalue weighted by atomic mass is 28.4. The van der Waals surface area contributed by atoms with Crippen molar-refractivity contribution in [1.82, 2.24) is 0 Å². The van der Waals surface area contributed by atoms with Gasteiger partial charge < -0.3 is 9.53 Å². The zero-order valence-corrected chi connectivity index (χ0v) is 18.1. The number of ketones is 1. The van der Waals surface area contributed by atoms with E-state index in [-0.39, 0.29) is 28.8 Å². The predicted molar refractivity (Wildman–Crippen MR) is 102 cm³/mol. The number of carbonyl (C=O) groups excluding carboxylic acids is 1. The van der Waals surface area contributed by atoms with Gasteiger partial charge in [-0.25, -0.2) is 4.79 Å². The van der Waals surface area contributed by atoms with Gasteiger partial charge in [-0.2, -0.15) is 0 Å². The van der Waals surface area contributed by atoms with Crippen LogP contribution in [0.15, 0.2) is 12.2 Å². The van der Waals surface area contributed by atoms with Gasteiger partial charge >= 0.3 is 5.97 Å². The number of rotatable bonds is 8. The van der Waals surface area contributed by atoms with Crippen molar-refractivity contribution in [2.45, 2.75) is 79.6 Å². The molecule has 0 fully saturated rings. The van der Waals surface area contributed by atoms with Gasteiger partial charge in [0.1, 0.15) is 5.78 Å². The zero-order chi connectivity index (χ0) is 19.5. The van der Waals surface area contributed by atoms with Crippen molar-refractivity contribution in [3.05, 3.63) is 12.2 Å². The van der Waals surface area contributed by atoms with Crippen molar-refractivity contribution in [2.75, 3.05) is 0 Å². The summed E-state index contributed by atoms with van der Waals surface area (Å²) in [6.07, 6.45) is 2.34. The van der Waals surface area contributed by atoms with Gasteiger partial charge in [-0.3, -0.25) is 4.79 Å². The SMILES string of the molecule is CC(C)[C@H](O[Si](C)(C)C(C)(C)C)[C@H](C)C(=O)C(C)(C)/C=C/C(=O)O. The third-order valence-corrected chi connectivity index (χ3v) is 9.55. The fourth-order valence-corrected chi connectivity index (χ4v) is 3.94. The monoisotopic (exact) mass is 356 g/mol. The molecule has 0 aromatic rings. The molecule has 2 atom stereocenters. The van der Waals surface area contributed by atoms with E-state index in [0.717, 1.165) is 6.08 Å². The van der Waals surface area contributed by atoms with Crippen LogP contribution in [0, 0.1) is 17.3 Å². The summed E-state index contributed by atoms with van der Waals surface area (Å²) in [5.74, 6) is -1.12. The first kappa shape index (κ1) is 23.1. The fourth-order valence-electron chi connectivity index (χ4n) is 2.43. The molecule has 24 heavy (non-hydrogen) atoms. The Morgan fingerprint density at radius 1 is 1.04 bits per heavy atom. The molecule has 0 aliphatic carbocycles. The average Bonchev–Trinajstić information content (AvgIpc) is 2.39. The lowest BCUT2D eigenvalue weighted by Gasteiger charge is -2.42. The van der Waals surface area contributed by atoms with Crippen LogP contribution >= 0.6 is 0 Å². The summed E-state index contributed by atoms with van der Waals surface area (Å²) in [7, 11) is -2.00. The zero-order valence-electron chi connectivity index (χ0n) is 17.1. The molecule has 4 nitrogen and oxygen atoms in total. The lowest BCUT2D eigenvalue weighted by Crippen LogP contribution is -2.49. The summed E-state index contributed by atoms with van der Waals surface area (Å²) in [5.41, 5.74) is -0.832. The van der Waals surface area contributed by atoms with Crippen LogP contribution in [0.2, 0.25) is 18.1 Å². The Labute approximate surface area is 148 Å². The van der Waals surface area contributed by atoms with Crippen molar-refractivity contribution in [1.29, 1.82) is 0 Å². The largest absolute Gasteiger partial charge is 0.478 e. The molecule has 0 unspecified atom stereocenters. The topological polar surface area (TPSA) is 63.6 Å². The summed E-state index contributed by atoms with van der Waals surface area (Å²) in [4.78, 5) is 23.7. The van der Waals surface area contributed by atoms with E-state index in [1.165, 1.54) is 6.08 Å². The maximum Gasteiger partial charge on any atom is 0.328 e. The highest BCUT2D eigenvalue weighted by molar-refractivity contribution is 6.74. The van der Waals surface area contributed by atoms with Crippen LogP contribution in [-0.4, -0.2) is 31.3 Å². The molecule has 0 saturated heterocycles. The van der Waals surface area contributed by atoms with Gasteiger partial charge in [0.2, 0.25) is 0 Å². The Bertz CT molecular complexity index is 484. The first-order valence-corrected chi connectivity index (χ1v) is 11.6. The van der Waals surface area contributed by atoms with Crippen LogP contribution < -0.4 is 0 Å². The molecule has 0 spiro atoms. The number of aliphatic carboxylic acids is 1. The minimum Gasteiger partial charge on any atom is -0.478 e. The standard InChI is InChI=1S/C19H36O4Si/c1-13(2)16(23-24(9,10)18(4,5)6)14(3)17(22)19(7,8)12-11-15(20)21/h11-14,16H,1-10H3,(H,20,21)/b12-11+/t14-,16-/m0/s1. The van der Waals surface area contributed by atoms with Crippen molar-refractivity contribution >= 4 is 20.1 Å². The molecule has 0 heterocycles. The van der Waals surface area contributed by atoms with Crippen molar-refractivity contribution in [3.8, 4) is 0 Å². The number of allylic oxidation sites excluding steroid dienone is 1. The molecular formula is C19H36O4Si. The minimum absolute atomic E-state index is 0.0115. The van der Waals surface area contributed by atoms with E-state index in [4.69, 9.17) is 9.53 Å². The number of carboxylic acid groups (broad SMARTS) is 1. The highest BCUT2D eigenvalue weighted by Crippen LogP contribution is 2.40. The number of hydrogen-bond donors (Lipinski definition) is 1. The molecule has 0 amide bonds. The van der Waals surface area contributed by atoms with Crippen molar-refractivity contribution in [2.24, 2.45) is 17.3 Å². The normalized spacial score (nSPS) is 16.5. The highest BCUT2D eigenvalue weighted by Gasteiger charge is 2.43. The number of Topliss-reactive ketones (excluding diaryl/α,β-unsaturated/α-hetero) is 1. The number of carbonyl (C=O) groups is 2. The molecule has 0 aliphatic heterocycles. The molecule has 0 aromatic heterocycles. The Morgan fingerprint density at radius 3 is 1.83 bits per heavy atom. The lowest BCUT2D eigenvalue weighted by molar-refractivity contribution is -0.132. The van der Waals surface area contributed by atoms with Gasteiger partial charge in [0.05, 0.1) is 6.10 Å². The van der Waals surface area contributed by atoms with Crippen LogP contribution in [0.1, 0.15) is 55.4 Å². The van der Waals surface area contributed by atoms with E-state index < -0.39 is 19.7 Å². The molecule has 0 saturated carbocycles. The van der Waals surface area contributed by atoms with Gasteiger partial charge in [0, 0.05) is 17.4 Å². The van der Waals surface area contributed by atoms with E-state index in [1.807, 2.05) is 6.92 Å². The molecule has 1 N–H and O–H groups in total. The maximum absolute atomic E-state index is 12.9. The first-order chi connectivity index (χ1) is 10.5. The summed E-state index contributed by atoms with van der Waals surface area (Å²) < 4.78 is 6.55. The molecule has 5 heteroatoms. The second-order valence-electron chi connectivity index (χ2n) is 9.13. The Kier molecular flexibility index (Phi) is 7.64. The van der Waals surface area contributed by atoms with Gasteiger partial charge in [-0.05, 0) is 37.9 Å². The summed E-state index contributed by atoms with van der Waals surface area (Å²) in [6, 6.07) is 0. The second kappa shape index (κ2) is 7.96. The summed E-state index contributed by atoms with van der Waals surface area (Å²) in [6.45, 7) is 20.5. The van der Waals surface area contributed by atoms with Crippen LogP contribution in [-0.2, 0) is 14.0 Å². The Morgan fingerprint density at radius 2 is 1.50 bits per heavy atom. The third-order valence-electron chi connectivity index (χ3n) is 5.08. The lowest BCUT2D eigenvalue weighted by atomic mass is 9.77. The molecule has 0 rings (SSSR count). The Balaban J connectivity index is 5.48. The number of carboxylic acids is 1. The summed E-state index contributed by atoms with van der Waals surface area (Å²) >= 11 is 0.